The van der Waals surface area contributed by atoms with Gasteiger partial charge in [0.15, 0.2) is 0 Å². The minimum atomic E-state index is -0.935. The summed E-state index contributed by atoms with van der Waals surface area (Å²) in [7, 11) is 0. The molecule has 1 aliphatic rings. The van der Waals surface area contributed by atoms with Crippen LogP contribution in [0.25, 0.3) is 0 Å². The molecule has 0 aliphatic carbocycles. The quantitative estimate of drug-likeness (QED) is 0.299. The third kappa shape index (κ3) is 26.4. The van der Waals surface area contributed by atoms with Crippen LogP contribution in [0.1, 0.15) is 20.8 Å². The Balaban J connectivity index is -0.000000290. The first kappa shape index (κ1) is 28.3. The minimum Gasteiger partial charge on any atom is -0.478 e. The first-order valence-electron chi connectivity index (χ1n) is 7.34. The molecule has 1 fully saturated rings. The Morgan fingerprint density at radius 3 is 1.38 bits per heavy atom. The average molecular weight is 376 g/mol. The molecule has 1 saturated heterocycles. The first-order chi connectivity index (χ1) is 11.9. The van der Waals surface area contributed by atoms with Crippen LogP contribution >= 0.6 is 0 Å². The lowest BCUT2D eigenvalue weighted by Gasteiger charge is -1.99. The number of hydrogen-bond acceptors (Lipinski definition) is 7. The van der Waals surface area contributed by atoms with Crippen molar-refractivity contribution in [2.75, 3.05) is 26.4 Å². The van der Waals surface area contributed by atoms with Gasteiger partial charge in [-0.3, -0.25) is 0 Å². The molecule has 1 heterocycles. The number of aliphatic hydroxyl groups is 2. The van der Waals surface area contributed by atoms with Crippen molar-refractivity contribution in [3.05, 3.63) is 36.5 Å². The molecule has 1 atom stereocenters. The van der Waals surface area contributed by atoms with Crippen molar-refractivity contribution in [3.63, 3.8) is 0 Å². The van der Waals surface area contributed by atoms with Gasteiger partial charge in [-0.15, -0.1) is 0 Å². The van der Waals surface area contributed by atoms with E-state index < -0.39 is 11.9 Å². The number of epoxide rings is 1. The molecule has 0 saturated carbocycles. The van der Waals surface area contributed by atoms with Crippen LogP contribution in [0, 0.1) is 0 Å². The smallest absolute Gasteiger partial charge is 0.333 e. The standard InChI is InChI=1S/C7H10O3.2C4H6O2.C2H6O2/c1-5(2)7(8)10-4-6-3-9-6;2*1-3(2)4(5)6;3-1-2-4/h6H,1,3-4H2,2H3;2*1H2,2H3,(H,5,6);3-4H,1-2H2. The minimum absolute atomic E-state index is 0.125. The Kier molecular flexibility index (Phi) is 18.9. The van der Waals surface area contributed by atoms with E-state index in [1.807, 2.05) is 0 Å². The average Bonchev–Trinajstić information content (AvgIpc) is 3.38. The highest BCUT2D eigenvalue weighted by Crippen LogP contribution is 2.09. The number of carbonyl (C=O) groups excluding carboxylic acids is 1. The van der Waals surface area contributed by atoms with Crippen LogP contribution < -0.4 is 0 Å². The highest BCUT2D eigenvalue weighted by Gasteiger charge is 2.24. The molecular weight excluding hydrogens is 348 g/mol. The highest BCUT2D eigenvalue weighted by molar-refractivity contribution is 5.87. The zero-order chi connectivity index (χ0) is 21.3. The number of ether oxygens (including phenoxy) is 2. The molecule has 0 aromatic rings. The number of carboxylic acids is 2. The summed E-state index contributed by atoms with van der Waals surface area (Å²) < 4.78 is 9.60. The van der Waals surface area contributed by atoms with Crippen LogP contribution in [-0.2, 0) is 23.9 Å². The Hall–Kier alpha value is -2.49. The molecule has 9 nitrogen and oxygen atoms in total. The molecule has 1 rings (SSSR count). The molecule has 0 bridgehead atoms. The van der Waals surface area contributed by atoms with Crippen LogP contribution in [0.3, 0.4) is 0 Å². The summed E-state index contributed by atoms with van der Waals surface area (Å²) in [5.41, 5.74) is 0.783. The summed E-state index contributed by atoms with van der Waals surface area (Å²) in [4.78, 5) is 29.9. The summed E-state index contributed by atoms with van der Waals surface area (Å²) in [5.74, 6) is -2.21. The summed E-state index contributed by atoms with van der Waals surface area (Å²) in [6, 6.07) is 0. The molecule has 9 heteroatoms. The van der Waals surface area contributed by atoms with Crippen molar-refractivity contribution in [1.29, 1.82) is 0 Å². The molecule has 1 aliphatic heterocycles. The van der Waals surface area contributed by atoms with Crippen LogP contribution in [0.15, 0.2) is 36.5 Å². The Bertz CT molecular complexity index is 440. The summed E-state index contributed by atoms with van der Waals surface area (Å²) in [6.07, 6.45) is 0.142. The van der Waals surface area contributed by atoms with Crippen molar-refractivity contribution >= 4 is 17.9 Å². The molecule has 0 spiro atoms. The molecule has 150 valence electrons. The van der Waals surface area contributed by atoms with Crippen molar-refractivity contribution in [2.24, 2.45) is 0 Å². The number of rotatable bonds is 6. The normalized spacial score (nSPS) is 13.0. The monoisotopic (exact) mass is 376 g/mol. The van der Waals surface area contributed by atoms with E-state index in [0.717, 1.165) is 0 Å². The third-order valence-electron chi connectivity index (χ3n) is 1.98. The fraction of sp³-hybridized carbons (Fsp3) is 0.471. The second-order valence-corrected chi connectivity index (χ2v) is 4.95. The van der Waals surface area contributed by atoms with Gasteiger partial charge in [-0.1, -0.05) is 19.7 Å². The van der Waals surface area contributed by atoms with E-state index in [1.54, 1.807) is 6.92 Å². The SMILES string of the molecule is C=C(C)C(=O)O.C=C(C)C(=O)O.C=C(C)C(=O)OCC1CO1.OCCO. The second-order valence-electron chi connectivity index (χ2n) is 4.95. The zero-order valence-electron chi connectivity index (χ0n) is 15.4. The van der Waals surface area contributed by atoms with E-state index in [4.69, 9.17) is 29.9 Å². The Labute approximate surface area is 152 Å². The van der Waals surface area contributed by atoms with E-state index in [1.165, 1.54) is 13.8 Å². The number of esters is 1. The fourth-order valence-corrected chi connectivity index (χ4v) is 0.456. The summed E-state index contributed by atoms with van der Waals surface area (Å²) in [5, 5.41) is 31.0. The third-order valence-corrected chi connectivity index (χ3v) is 1.98. The predicted molar refractivity (Wildman–Crippen MR) is 94.6 cm³/mol. The highest BCUT2D eigenvalue weighted by atomic mass is 16.6. The van der Waals surface area contributed by atoms with Gasteiger partial charge >= 0.3 is 17.9 Å². The lowest BCUT2D eigenvalue weighted by molar-refractivity contribution is -0.139. The van der Waals surface area contributed by atoms with Crippen LogP contribution in [0.4, 0.5) is 0 Å². The predicted octanol–water partition coefficient (Wildman–Crippen LogP) is 0.770. The Morgan fingerprint density at radius 2 is 1.23 bits per heavy atom. The van der Waals surface area contributed by atoms with Crippen molar-refractivity contribution in [3.8, 4) is 0 Å². The fourth-order valence-electron chi connectivity index (χ4n) is 0.456. The Morgan fingerprint density at radius 1 is 0.923 bits per heavy atom. The first-order valence-corrected chi connectivity index (χ1v) is 7.34. The van der Waals surface area contributed by atoms with E-state index >= 15 is 0 Å². The van der Waals surface area contributed by atoms with Gasteiger partial charge in [-0.05, 0) is 20.8 Å². The molecule has 1 unspecified atom stereocenters. The summed E-state index contributed by atoms with van der Waals surface area (Å²) >= 11 is 0. The largest absolute Gasteiger partial charge is 0.478 e. The van der Waals surface area contributed by atoms with Crippen LogP contribution in [0.2, 0.25) is 0 Å². The van der Waals surface area contributed by atoms with Gasteiger partial charge in [0.2, 0.25) is 0 Å². The van der Waals surface area contributed by atoms with Crippen molar-refractivity contribution in [2.45, 2.75) is 26.9 Å². The molecule has 0 aromatic heterocycles. The van der Waals surface area contributed by atoms with E-state index in [2.05, 4.69) is 19.7 Å². The topological polar surface area (TPSA) is 154 Å². The van der Waals surface area contributed by atoms with E-state index in [0.29, 0.717) is 18.8 Å². The van der Waals surface area contributed by atoms with Crippen LogP contribution in [-0.4, -0.2) is 70.9 Å². The second kappa shape index (κ2) is 17.3. The van der Waals surface area contributed by atoms with E-state index in [9.17, 15) is 14.4 Å². The lowest BCUT2D eigenvalue weighted by Crippen LogP contribution is -2.09. The molecule has 0 amide bonds. The number of aliphatic carboxylic acids is 2. The lowest BCUT2D eigenvalue weighted by atomic mass is 10.4. The number of aliphatic hydroxyl groups excluding tert-OH is 2. The molecule has 26 heavy (non-hydrogen) atoms. The number of carboxylic acid groups (broad SMARTS) is 2. The summed E-state index contributed by atoms with van der Waals surface area (Å²) in [6.45, 7) is 15.1. The van der Waals surface area contributed by atoms with Crippen molar-refractivity contribution < 1.29 is 44.3 Å². The van der Waals surface area contributed by atoms with Gasteiger partial charge in [0.25, 0.3) is 0 Å². The molecular formula is C17H28O9. The van der Waals surface area contributed by atoms with Crippen LogP contribution in [0.5, 0.6) is 0 Å². The zero-order valence-corrected chi connectivity index (χ0v) is 15.4. The van der Waals surface area contributed by atoms with E-state index in [-0.39, 0.29) is 36.4 Å². The van der Waals surface area contributed by atoms with Crippen molar-refractivity contribution in [1.82, 2.24) is 0 Å². The van der Waals surface area contributed by atoms with Gasteiger partial charge in [-0.25, -0.2) is 14.4 Å². The maximum absolute atomic E-state index is 10.7. The number of hydrogen-bond donors (Lipinski definition) is 4. The maximum Gasteiger partial charge on any atom is 0.333 e. The van der Waals surface area contributed by atoms with Gasteiger partial charge in [0.05, 0.1) is 19.8 Å². The molecule has 0 radical (unpaired) electrons. The van der Waals surface area contributed by atoms with Gasteiger partial charge in [0.1, 0.15) is 12.7 Å². The maximum atomic E-state index is 10.7. The van der Waals surface area contributed by atoms with Gasteiger partial charge in [0, 0.05) is 16.7 Å². The molecule has 4 N–H and O–H groups in total. The van der Waals surface area contributed by atoms with Gasteiger partial charge < -0.3 is 29.9 Å². The molecule has 0 aromatic carbocycles. The van der Waals surface area contributed by atoms with Gasteiger partial charge in [-0.2, -0.15) is 0 Å². The number of carbonyl (C=O) groups is 3.